The molecule has 0 spiro atoms. The smallest absolute Gasteiger partial charge is 0.224 e. The Labute approximate surface area is 162 Å². The number of hydrogen-bond acceptors (Lipinski definition) is 3. The number of hydrogen-bond donors (Lipinski definition) is 0. The van der Waals surface area contributed by atoms with Gasteiger partial charge in [-0.3, -0.25) is 9.69 Å². The van der Waals surface area contributed by atoms with E-state index in [2.05, 4.69) is 57.8 Å². The van der Waals surface area contributed by atoms with Crippen molar-refractivity contribution in [2.45, 2.75) is 32.2 Å². The molecule has 27 heavy (non-hydrogen) atoms. The Morgan fingerprint density at radius 3 is 2.63 bits per heavy atom. The van der Waals surface area contributed by atoms with Crippen molar-refractivity contribution in [3.05, 3.63) is 60.7 Å². The number of benzene rings is 1. The first-order chi connectivity index (χ1) is 13.3. The molecule has 1 amide bonds. The van der Waals surface area contributed by atoms with Crippen molar-refractivity contribution >= 4 is 12.0 Å². The Kier molecular flexibility index (Phi) is 7.22. The molecule has 1 aliphatic rings. The molecule has 0 saturated carbocycles. The predicted octanol–water partition coefficient (Wildman–Crippen LogP) is 3.47. The van der Waals surface area contributed by atoms with Gasteiger partial charge >= 0.3 is 0 Å². The molecule has 1 atom stereocenters. The van der Waals surface area contributed by atoms with E-state index in [1.165, 1.54) is 5.56 Å². The Bertz CT molecular complexity index is 703. The number of amides is 1. The molecule has 5 heteroatoms. The lowest BCUT2D eigenvalue weighted by molar-refractivity contribution is -0.133. The van der Waals surface area contributed by atoms with Crippen molar-refractivity contribution < 1.29 is 4.79 Å². The maximum Gasteiger partial charge on any atom is 0.224 e. The summed E-state index contributed by atoms with van der Waals surface area (Å²) in [6, 6.07) is 10.6. The summed E-state index contributed by atoms with van der Waals surface area (Å²) in [6.45, 7) is 6.62. The lowest BCUT2D eigenvalue weighted by Gasteiger charge is -2.35. The summed E-state index contributed by atoms with van der Waals surface area (Å²) >= 11 is 0. The maximum absolute atomic E-state index is 12.7. The summed E-state index contributed by atoms with van der Waals surface area (Å²) in [7, 11) is 0. The van der Waals surface area contributed by atoms with E-state index < -0.39 is 0 Å². The fourth-order valence-corrected chi connectivity index (χ4v) is 3.59. The van der Waals surface area contributed by atoms with Gasteiger partial charge < -0.3 is 9.47 Å². The van der Waals surface area contributed by atoms with Gasteiger partial charge in [-0.1, -0.05) is 55.8 Å². The van der Waals surface area contributed by atoms with Crippen molar-refractivity contribution in [2.75, 3.05) is 32.7 Å². The summed E-state index contributed by atoms with van der Waals surface area (Å²) in [4.78, 5) is 21.3. The van der Waals surface area contributed by atoms with Crippen molar-refractivity contribution in [2.24, 2.45) is 0 Å². The van der Waals surface area contributed by atoms with E-state index in [9.17, 15) is 4.79 Å². The van der Waals surface area contributed by atoms with Gasteiger partial charge in [-0.2, -0.15) is 0 Å². The molecule has 0 aliphatic carbocycles. The third kappa shape index (κ3) is 5.79. The van der Waals surface area contributed by atoms with E-state index in [0.717, 1.165) is 45.6 Å². The standard InChI is InChI=1S/C22H30N4O/c1-2-7-21(26-13-11-23-19-26)18-22(27)25-16-14-24(15-17-25)12-6-10-20-8-4-3-5-9-20/h3-6,8-11,13,19,21H,2,7,12,14-18H2,1H3. The van der Waals surface area contributed by atoms with Crippen molar-refractivity contribution in [3.8, 4) is 0 Å². The molecule has 1 aliphatic heterocycles. The van der Waals surface area contributed by atoms with Crippen LogP contribution in [0.2, 0.25) is 0 Å². The van der Waals surface area contributed by atoms with E-state index in [4.69, 9.17) is 0 Å². The summed E-state index contributed by atoms with van der Waals surface area (Å²) in [5.74, 6) is 0.265. The second-order valence-electron chi connectivity index (χ2n) is 7.15. The average Bonchev–Trinajstić information content (AvgIpc) is 3.24. The summed E-state index contributed by atoms with van der Waals surface area (Å²) in [5, 5.41) is 0. The van der Waals surface area contributed by atoms with Crippen molar-refractivity contribution in [1.82, 2.24) is 19.4 Å². The molecule has 2 aromatic rings. The summed E-state index contributed by atoms with van der Waals surface area (Å²) < 4.78 is 2.08. The van der Waals surface area contributed by atoms with Gasteiger partial charge in [0.25, 0.3) is 0 Å². The van der Waals surface area contributed by atoms with Gasteiger partial charge in [0.2, 0.25) is 5.91 Å². The molecule has 5 nitrogen and oxygen atoms in total. The van der Waals surface area contributed by atoms with Gasteiger partial charge in [0.1, 0.15) is 0 Å². The number of carbonyl (C=O) groups is 1. The third-order valence-electron chi connectivity index (χ3n) is 5.18. The number of aromatic nitrogens is 2. The molecule has 2 heterocycles. The molecule has 1 fully saturated rings. The van der Waals surface area contributed by atoms with Crippen LogP contribution < -0.4 is 0 Å². The van der Waals surface area contributed by atoms with E-state index >= 15 is 0 Å². The number of rotatable bonds is 8. The van der Waals surface area contributed by atoms with Gasteiger partial charge in [-0.15, -0.1) is 0 Å². The number of piperazine rings is 1. The van der Waals surface area contributed by atoms with Gasteiger partial charge in [0, 0.05) is 57.6 Å². The molecule has 0 N–H and O–H groups in total. The zero-order chi connectivity index (χ0) is 18.9. The van der Waals surface area contributed by atoms with E-state index in [1.54, 1.807) is 6.20 Å². The van der Waals surface area contributed by atoms with E-state index in [0.29, 0.717) is 6.42 Å². The topological polar surface area (TPSA) is 41.4 Å². The Morgan fingerprint density at radius 1 is 1.19 bits per heavy atom. The van der Waals surface area contributed by atoms with Crippen LogP contribution in [0.25, 0.3) is 6.08 Å². The normalized spacial score (nSPS) is 16.7. The number of nitrogens with zero attached hydrogens (tertiary/aromatic N) is 4. The molecule has 0 radical (unpaired) electrons. The van der Waals surface area contributed by atoms with Gasteiger partial charge in [-0.05, 0) is 12.0 Å². The average molecular weight is 367 g/mol. The Morgan fingerprint density at radius 2 is 1.96 bits per heavy atom. The largest absolute Gasteiger partial charge is 0.340 e. The molecule has 1 saturated heterocycles. The van der Waals surface area contributed by atoms with Crippen LogP contribution in [-0.4, -0.2) is 58.0 Å². The quantitative estimate of drug-likeness (QED) is 0.718. The first-order valence-electron chi connectivity index (χ1n) is 9.95. The van der Waals surface area contributed by atoms with Crippen LogP contribution in [0.1, 0.15) is 37.8 Å². The van der Waals surface area contributed by atoms with Crippen molar-refractivity contribution in [3.63, 3.8) is 0 Å². The van der Waals surface area contributed by atoms with Crippen LogP contribution in [0.15, 0.2) is 55.1 Å². The molecular weight excluding hydrogens is 336 g/mol. The first kappa shape index (κ1) is 19.4. The zero-order valence-electron chi connectivity index (χ0n) is 16.2. The minimum atomic E-state index is 0.219. The molecule has 3 rings (SSSR count). The van der Waals surface area contributed by atoms with Gasteiger partial charge in [0.05, 0.1) is 6.33 Å². The molecular formula is C22H30N4O. The van der Waals surface area contributed by atoms with Crippen LogP contribution in [0.5, 0.6) is 0 Å². The summed E-state index contributed by atoms with van der Waals surface area (Å²) in [6.07, 6.45) is 12.6. The zero-order valence-corrected chi connectivity index (χ0v) is 16.2. The highest BCUT2D eigenvalue weighted by Crippen LogP contribution is 2.19. The van der Waals surface area contributed by atoms with Crippen LogP contribution >= 0.6 is 0 Å². The van der Waals surface area contributed by atoms with Crippen LogP contribution in [0.4, 0.5) is 0 Å². The van der Waals surface area contributed by atoms with Gasteiger partial charge in [-0.25, -0.2) is 4.98 Å². The maximum atomic E-state index is 12.7. The highest BCUT2D eigenvalue weighted by molar-refractivity contribution is 5.76. The second kappa shape index (κ2) is 10.1. The van der Waals surface area contributed by atoms with Crippen molar-refractivity contribution in [1.29, 1.82) is 0 Å². The van der Waals surface area contributed by atoms with E-state index in [1.807, 2.05) is 23.5 Å². The minimum absolute atomic E-state index is 0.219. The minimum Gasteiger partial charge on any atom is -0.340 e. The summed E-state index contributed by atoms with van der Waals surface area (Å²) in [5.41, 5.74) is 1.23. The third-order valence-corrected chi connectivity index (χ3v) is 5.18. The predicted molar refractivity (Wildman–Crippen MR) is 109 cm³/mol. The molecule has 1 aromatic carbocycles. The number of imidazole rings is 1. The van der Waals surface area contributed by atoms with Crippen LogP contribution in [-0.2, 0) is 4.79 Å². The van der Waals surface area contributed by atoms with Crippen LogP contribution in [0, 0.1) is 0 Å². The fraction of sp³-hybridized carbons (Fsp3) is 0.455. The highest BCUT2D eigenvalue weighted by Gasteiger charge is 2.23. The molecule has 1 aromatic heterocycles. The Balaban J connectivity index is 1.44. The second-order valence-corrected chi connectivity index (χ2v) is 7.15. The fourth-order valence-electron chi connectivity index (χ4n) is 3.59. The van der Waals surface area contributed by atoms with Gasteiger partial charge in [0.15, 0.2) is 0 Å². The monoisotopic (exact) mass is 366 g/mol. The number of carbonyl (C=O) groups excluding carboxylic acids is 1. The molecule has 1 unspecified atom stereocenters. The molecule has 144 valence electrons. The molecule has 0 bridgehead atoms. The van der Waals surface area contributed by atoms with Crippen LogP contribution in [0.3, 0.4) is 0 Å². The lowest BCUT2D eigenvalue weighted by Crippen LogP contribution is -2.49. The lowest BCUT2D eigenvalue weighted by atomic mass is 10.1. The first-order valence-corrected chi connectivity index (χ1v) is 9.95. The Hall–Kier alpha value is -2.40. The highest BCUT2D eigenvalue weighted by atomic mass is 16.2. The van der Waals surface area contributed by atoms with E-state index in [-0.39, 0.29) is 11.9 Å². The SMILES string of the molecule is CCCC(CC(=O)N1CCN(CC=Cc2ccccc2)CC1)n1ccnc1.